The number of carbonyl (C=O) groups excluding carboxylic acids is 2. The van der Waals surface area contributed by atoms with Gasteiger partial charge in [0.2, 0.25) is 5.91 Å². The second-order valence-corrected chi connectivity index (χ2v) is 6.67. The van der Waals surface area contributed by atoms with Crippen molar-refractivity contribution in [3.05, 3.63) is 11.8 Å². The zero-order valence-electron chi connectivity index (χ0n) is 15.6. The largest absolute Gasteiger partial charge is 0.360 e. The van der Waals surface area contributed by atoms with E-state index in [9.17, 15) is 9.59 Å². The second-order valence-electron chi connectivity index (χ2n) is 6.67. The van der Waals surface area contributed by atoms with Crippen molar-refractivity contribution in [3.63, 3.8) is 0 Å². The molecule has 1 saturated heterocycles. The molecule has 2 heterocycles. The number of hydrogen-bond acceptors (Lipinski definition) is 5. The van der Waals surface area contributed by atoms with Crippen molar-refractivity contribution in [1.82, 2.24) is 19.9 Å². The molecule has 1 atom stereocenters. The van der Waals surface area contributed by atoms with Gasteiger partial charge in [0, 0.05) is 46.3 Å². The van der Waals surface area contributed by atoms with Crippen molar-refractivity contribution in [2.75, 3.05) is 45.6 Å². The topological polar surface area (TPSA) is 81.9 Å². The van der Waals surface area contributed by atoms with Crippen LogP contribution in [0.15, 0.2) is 10.6 Å². The Labute approximate surface area is 149 Å². The summed E-state index contributed by atoms with van der Waals surface area (Å²) in [6.45, 7) is 6.56. The molecule has 3 amide bonds. The Morgan fingerprint density at radius 3 is 2.52 bits per heavy atom. The van der Waals surface area contributed by atoms with E-state index in [0.29, 0.717) is 37.8 Å². The zero-order valence-corrected chi connectivity index (χ0v) is 15.6. The highest BCUT2D eigenvalue weighted by Crippen LogP contribution is 2.16. The van der Waals surface area contributed by atoms with Crippen molar-refractivity contribution in [3.8, 4) is 0 Å². The lowest BCUT2D eigenvalue weighted by molar-refractivity contribution is -0.122. The van der Waals surface area contributed by atoms with Gasteiger partial charge in [0.05, 0.1) is 6.04 Å². The molecule has 0 aromatic carbocycles. The van der Waals surface area contributed by atoms with Gasteiger partial charge >= 0.3 is 6.03 Å². The third-order valence-electron chi connectivity index (χ3n) is 4.42. The molecule has 1 aliphatic rings. The Morgan fingerprint density at radius 2 is 2.00 bits per heavy atom. The quantitative estimate of drug-likeness (QED) is 0.845. The molecule has 0 radical (unpaired) electrons. The molecule has 1 aromatic heterocycles. The molecular weight excluding hydrogens is 322 g/mol. The maximum Gasteiger partial charge on any atom is 0.319 e. The SMILES string of the molecule is CCCCC(C(=O)Nc1cc(C)on1)N1CCN(C(=O)N(C)C)CC1. The first-order valence-corrected chi connectivity index (χ1v) is 8.86. The molecule has 8 heteroatoms. The fraction of sp³-hybridized carbons (Fsp3) is 0.706. The van der Waals surface area contributed by atoms with Crippen LogP contribution in [0.25, 0.3) is 0 Å². The summed E-state index contributed by atoms with van der Waals surface area (Å²) in [6, 6.07) is 1.52. The van der Waals surface area contributed by atoms with Gasteiger partial charge in [-0.2, -0.15) is 0 Å². The number of aryl methyl sites for hydroxylation is 1. The molecule has 25 heavy (non-hydrogen) atoms. The van der Waals surface area contributed by atoms with E-state index in [1.54, 1.807) is 32.0 Å². The standard InChI is InChI=1S/C17H29N5O3/c1-5-6-7-14(16(23)18-15-12-13(2)25-19-15)21-8-10-22(11-9-21)17(24)20(3)4/h12,14H,5-11H2,1-4H3,(H,18,19,23). The first-order valence-electron chi connectivity index (χ1n) is 8.86. The molecule has 1 N–H and O–H groups in total. The van der Waals surface area contributed by atoms with Gasteiger partial charge in [0.25, 0.3) is 0 Å². The van der Waals surface area contributed by atoms with E-state index in [0.717, 1.165) is 19.3 Å². The highest BCUT2D eigenvalue weighted by Gasteiger charge is 2.30. The fourth-order valence-electron chi connectivity index (χ4n) is 3.02. The fourth-order valence-corrected chi connectivity index (χ4v) is 3.02. The molecule has 0 bridgehead atoms. The summed E-state index contributed by atoms with van der Waals surface area (Å²) in [5, 5.41) is 6.68. The number of hydrogen-bond donors (Lipinski definition) is 1. The molecule has 1 aliphatic heterocycles. The Bertz CT molecular complexity index is 579. The number of amides is 3. The van der Waals surface area contributed by atoms with E-state index < -0.39 is 0 Å². The molecule has 140 valence electrons. The van der Waals surface area contributed by atoms with Crippen molar-refractivity contribution < 1.29 is 14.1 Å². The first-order chi connectivity index (χ1) is 11.9. The van der Waals surface area contributed by atoms with Gasteiger partial charge in [-0.05, 0) is 13.3 Å². The molecule has 1 unspecified atom stereocenters. The van der Waals surface area contributed by atoms with Crippen LogP contribution < -0.4 is 5.32 Å². The maximum absolute atomic E-state index is 12.7. The summed E-state index contributed by atoms with van der Waals surface area (Å²) in [7, 11) is 3.51. The van der Waals surface area contributed by atoms with Crippen LogP contribution in [-0.4, -0.2) is 78.1 Å². The number of anilines is 1. The average molecular weight is 351 g/mol. The number of nitrogens with zero attached hydrogens (tertiary/aromatic N) is 4. The summed E-state index contributed by atoms with van der Waals surface area (Å²) in [5.41, 5.74) is 0. The van der Waals surface area contributed by atoms with Crippen LogP contribution in [0.3, 0.4) is 0 Å². The van der Waals surface area contributed by atoms with Crippen molar-refractivity contribution in [2.24, 2.45) is 0 Å². The molecule has 0 aliphatic carbocycles. The lowest BCUT2D eigenvalue weighted by Gasteiger charge is -2.39. The third-order valence-corrected chi connectivity index (χ3v) is 4.42. The summed E-state index contributed by atoms with van der Waals surface area (Å²) in [6.07, 6.45) is 2.81. The van der Waals surface area contributed by atoms with Gasteiger partial charge < -0.3 is 19.6 Å². The monoisotopic (exact) mass is 351 g/mol. The van der Waals surface area contributed by atoms with Crippen molar-refractivity contribution in [2.45, 2.75) is 39.2 Å². The van der Waals surface area contributed by atoms with Crippen molar-refractivity contribution >= 4 is 17.8 Å². The van der Waals surface area contributed by atoms with E-state index in [-0.39, 0.29) is 18.0 Å². The summed E-state index contributed by atoms with van der Waals surface area (Å²) in [4.78, 5) is 30.4. The van der Waals surface area contributed by atoms with Gasteiger partial charge in [0.15, 0.2) is 5.82 Å². The number of urea groups is 1. The number of aromatic nitrogens is 1. The zero-order chi connectivity index (χ0) is 18.4. The third kappa shape index (κ3) is 5.19. The highest BCUT2D eigenvalue weighted by atomic mass is 16.5. The molecule has 0 spiro atoms. The number of piperazine rings is 1. The van der Waals surface area contributed by atoms with Gasteiger partial charge in [-0.3, -0.25) is 9.69 Å². The number of nitrogens with one attached hydrogen (secondary N) is 1. The lowest BCUT2D eigenvalue weighted by atomic mass is 10.1. The molecule has 0 saturated carbocycles. The Kier molecular flexibility index (Phi) is 6.81. The molecule has 1 fully saturated rings. The predicted molar refractivity (Wildman–Crippen MR) is 95.4 cm³/mol. The van der Waals surface area contributed by atoms with Gasteiger partial charge in [-0.15, -0.1) is 0 Å². The Morgan fingerprint density at radius 1 is 1.32 bits per heavy atom. The van der Waals surface area contributed by atoms with Gasteiger partial charge in [0.1, 0.15) is 5.76 Å². The predicted octanol–water partition coefficient (Wildman–Crippen LogP) is 1.78. The Hall–Kier alpha value is -2.09. The van der Waals surface area contributed by atoms with E-state index >= 15 is 0 Å². The van der Waals surface area contributed by atoms with Crippen LogP contribution in [-0.2, 0) is 4.79 Å². The summed E-state index contributed by atoms with van der Waals surface area (Å²) >= 11 is 0. The second kappa shape index (κ2) is 8.84. The molecule has 2 rings (SSSR count). The van der Waals surface area contributed by atoms with Crippen LogP contribution in [0.5, 0.6) is 0 Å². The average Bonchev–Trinajstić information content (AvgIpc) is 2.99. The van der Waals surface area contributed by atoms with Crippen LogP contribution in [0.4, 0.5) is 10.6 Å². The lowest BCUT2D eigenvalue weighted by Crippen LogP contribution is -2.56. The van der Waals surface area contributed by atoms with Crippen LogP contribution in [0.1, 0.15) is 31.9 Å². The molecular formula is C17H29N5O3. The van der Waals surface area contributed by atoms with Crippen LogP contribution >= 0.6 is 0 Å². The summed E-state index contributed by atoms with van der Waals surface area (Å²) in [5.74, 6) is 1.05. The normalized spacial score (nSPS) is 16.6. The number of carbonyl (C=O) groups is 2. The minimum absolute atomic E-state index is 0.0206. The maximum atomic E-state index is 12.7. The number of unbranched alkanes of at least 4 members (excludes halogenated alkanes) is 1. The van der Waals surface area contributed by atoms with E-state index in [1.807, 2.05) is 4.90 Å². The van der Waals surface area contributed by atoms with E-state index in [4.69, 9.17) is 4.52 Å². The molecule has 8 nitrogen and oxygen atoms in total. The van der Waals surface area contributed by atoms with Gasteiger partial charge in [-0.1, -0.05) is 24.9 Å². The highest BCUT2D eigenvalue weighted by molar-refractivity contribution is 5.94. The van der Waals surface area contributed by atoms with Crippen LogP contribution in [0, 0.1) is 6.92 Å². The Balaban J connectivity index is 1.97. The van der Waals surface area contributed by atoms with Crippen LogP contribution in [0.2, 0.25) is 0 Å². The smallest absolute Gasteiger partial charge is 0.319 e. The minimum Gasteiger partial charge on any atom is -0.360 e. The molecule has 1 aromatic rings. The summed E-state index contributed by atoms with van der Waals surface area (Å²) < 4.78 is 5.01. The van der Waals surface area contributed by atoms with Crippen molar-refractivity contribution in [1.29, 1.82) is 0 Å². The number of rotatable bonds is 6. The first kappa shape index (κ1) is 19.2. The van der Waals surface area contributed by atoms with Gasteiger partial charge in [-0.25, -0.2) is 4.79 Å². The van der Waals surface area contributed by atoms with E-state index in [1.165, 1.54) is 0 Å². The minimum atomic E-state index is -0.214. The van der Waals surface area contributed by atoms with E-state index in [2.05, 4.69) is 22.3 Å².